The Morgan fingerprint density at radius 1 is 1.00 bits per heavy atom. The standard InChI is InChI=1S/C17H23NS/c1-11-6-12(2)8-16(7-11)14(4)18-10-17-9-13(3)15(5)19-17/h6-9,14,18H,10H2,1-5H3. The molecule has 1 atom stereocenters. The van der Waals surface area contributed by atoms with Crippen LogP contribution in [-0.4, -0.2) is 0 Å². The van der Waals surface area contributed by atoms with Crippen molar-refractivity contribution in [3.8, 4) is 0 Å². The van der Waals surface area contributed by atoms with Crippen LogP contribution in [-0.2, 0) is 6.54 Å². The Morgan fingerprint density at radius 2 is 1.63 bits per heavy atom. The van der Waals surface area contributed by atoms with Crippen LogP contribution in [0.5, 0.6) is 0 Å². The minimum Gasteiger partial charge on any atom is -0.305 e. The van der Waals surface area contributed by atoms with Crippen molar-refractivity contribution in [2.24, 2.45) is 0 Å². The number of thiophene rings is 1. The first-order valence-electron chi connectivity index (χ1n) is 6.83. The molecule has 2 aromatic rings. The Kier molecular flexibility index (Phi) is 4.43. The van der Waals surface area contributed by atoms with Crippen LogP contribution in [0.1, 0.15) is 45.0 Å². The minimum absolute atomic E-state index is 0.390. The molecular formula is C17H23NS. The average molecular weight is 273 g/mol. The van der Waals surface area contributed by atoms with Gasteiger partial charge in [0.25, 0.3) is 0 Å². The van der Waals surface area contributed by atoms with E-state index in [0.717, 1.165) is 6.54 Å². The molecule has 1 aromatic heterocycles. The molecule has 0 aliphatic carbocycles. The van der Waals surface area contributed by atoms with Gasteiger partial charge in [0, 0.05) is 22.3 Å². The Morgan fingerprint density at radius 3 is 2.16 bits per heavy atom. The predicted molar refractivity (Wildman–Crippen MR) is 85.0 cm³/mol. The molecule has 0 amide bonds. The van der Waals surface area contributed by atoms with Crippen LogP contribution in [0.2, 0.25) is 0 Å². The molecule has 0 bridgehead atoms. The highest BCUT2D eigenvalue weighted by atomic mass is 32.1. The zero-order valence-corrected chi connectivity index (χ0v) is 13.3. The molecule has 1 N–H and O–H groups in total. The molecule has 0 spiro atoms. The maximum atomic E-state index is 3.62. The predicted octanol–water partition coefficient (Wildman–Crippen LogP) is 4.83. The van der Waals surface area contributed by atoms with E-state index in [1.165, 1.54) is 32.0 Å². The summed E-state index contributed by atoms with van der Waals surface area (Å²) in [5.74, 6) is 0. The van der Waals surface area contributed by atoms with E-state index in [-0.39, 0.29) is 0 Å². The maximum absolute atomic E-state index is 3.62. The van der Waals surface area contributed by atoms with Gasteiger partial charge in [-0.15, -0.1) is 11.3 Å². The van der Waals surface area contributed by atoms with Crippen molar-refractivity contribution in [2.75, 3.05) is 0 Å². The highest BCUT2D eigenvalue weighted by molar-refractivity contribution is 7.12. The van der Waals surface area contributed by atoms with Gasteiger partial charge in [0.15, 0.2) is 0 Å². The van der Waals surface area contributed by atoms with E-state index >= 15 is 0 Å². The lowest BCUT2D eigenvalue weighted by Gasteiger charge is -2.15. The molecule has 0 aliphatic heterocycles. The third-order valence-corrected chi connectivity index (χ3v) is 4.70. The van der Waals surface area contributed by atoms with Crippen molar-refractivity contribution in [2.45, 2.75) is 47.2 Å². The number of benzene rings is 1. The lowest BCUT2D eigenvalue weighted by molar-refractivity contribution is 0.578. The summed E-state index contributed by atoms with van der Waals surface area (Å²) in [6.07, 6.45) is 0. The van der Waals surface area contributed by atoms with E-state index in [4.69, 9.17) is 0 Å². The second kappa shape index (κ2) is 5.89. The summed E-state index contributed by atoms with van der Waals surface area (Å²) in [4.78, 5) is 2.85. The van der Waals surface area contributed by atoms with Gasteiger partial charge in [0.2, 0.25) is 0 Å². The van der Waals surface area contributed by atoms with Crippen molar-refractivity contribution < 1.29 is 0 Å². The first-order valence-corrected chi connectivity index (χ1v) is 7.65. The molecule has 2 rings (SSSR count). The van der Waals surface area contributed by atoms with Crippen LogP contribution < -0.4 is 5.32 Å². The second-order valence-electron chi connectivity index (χ2n) is 5.48. The van der Waals surface area contributed by atoms with E-state index in [1.807, 2.05) is 11.3 Å². The van der Waals surface area contributed by atoms with E-state index < -0.39 is 0 Å². The van der Waals surface area contributed by atoms with Crippen molar-refractivity contribution in [3.63, 3.8) is 0 Å². The number of rotatable bonds is 4. The molecular weight excluding hydrogens is 250 g/mol. The van der Waals surface area contributed by atoms with E-state index in [1.54, 1.807) is 0 Å². The molecule has 0 aliphatic rings. The van der Waals surface area contributed by atoms with Crippen LogP contribution in [0, 0.1) is 27.7 Å². The van der Waals surface area contributed by atoms with E-state index in [2.05, 4.69) is 64.2 Å². The third-order valence-electron chi connectivity index (χ3n) is 3.54. The van der Waals surface area contributed by atoms with Gasteiger partial charge in [0.1, 0.15) is 0 Å². The quantitative estimate of drug-likeness (QED) is 0.841. The maximum Gasteiger partial charge on any atom is 0.0305 e. The molecule has 0 radical (unpaired) electrons. The van der Waals surface area contributed by atoms with Gasteiger partial charge >= 0.3 is 0 Å². The van der Waals surface area contributed by atoms with Gasteiger partial charge in [-0.1, -0.05) is 29.3 Å². The third kappa shape index (κ3) is 3.68. The molecule has 102 valence electrons. The van der Waals surface area contributed by atoms with Gasteiger partial charge in [-0.2, -0.15) is 0 Å². The number of nitrogens with one attached hydrogen (secondary N) is 1. The number of aryl methyl sites for hydroxylation is 4. The van der Waals surface area contributed by atoms with Gasteiger partial charge in [-0.25, -0.2) is 0 Å². The fourth-order valence-corrected chi connectivity index (χ4v) is 3.37. The zero-order valence-electron chi connectivity index (χ0n) is 12.5. The summed E-state index contributed by atoms with van der Waals surface area (Å²) in [5.41, 5.74) is 5.46. The fourth-order valence-electron chi connectivity index (χ4n) is 2.37. The molecule has 1 heterocycles. The fraction of sp³-hybridized carbons (Fsp3) is 0.412. The molecule has 2 heteroatoms. The molecule has 1 nitrogen and oxygen atoms in total. The Balaban J connectivity index is 2.02. The van der Waals surface area contributed by atoms with Gasteiger partial charge in [-0.3, -0.25) is 0 Å². The summed E-state index contributed by atoms with van der Waals surface area (Å²) in [5, 5.41) is 3.62. The summed E-state index contributed by atoms with van der Waals surface area (Å²) < 4.78 is 0. The number of hydrogen-bond donors (Lipinski definition) is 1. The Hall–Kier alpha value is -1.12. The minimum atomic E-state index is 0.390. The highest BCUT2D eigenvalue weighted by Gasteiger charge is 2.07. The van der Waals surface area contributed by atoms with Crippen LogP contribution in [0.4, 0.5) is 0 Å². The highest BCUT2D eigenvalue weighted by Crippen LogP contribution is 2.22. The monoisotopic (exact) mass is 273 g/mol. The lowest BCUT2D eigenvalue weighted by atomic mass is 10.0. The van der Waals surface area contributed by atoms with Crippen molar-refractivity contribution in [1.29, 1.82) is 0 Å². The van der Waals surface area contributed by atoms with Crippen molar-refractivity contribution in [3.05, 3.63) is 56.3 Å². The van der Waals surface area contributed by atoms with Gasteiger partial charge in [0.05, 0.1) is 0 Å². The molecule has 19 heavy (non-hydrogen) atoms. The summed E-state index contributed by atoms with van der Waals surface area (Å²) >= 11 is 1.90. The van der Waals surface area contributed by atoms with Crippen LogP contribution in [0.25, 0.3) is 0 Å². The van der Waals surface area contributed by atoms with Crippen LogP contribution in [0.3, 0.4) is 0 Å². The van der Waals surface area contributed by atoms with Crippen LogP contribution in [0.15, 0.2) is 24.3 Å². The second-order valence-corrected chi connectivity index (χ2v) is 6.82. The van der Waals surface area contributed by atoms with Gasteiger partial charge in [-0.05, 0) is 51.8 Å². The van der Waals surface area contributed by atoms with Crippen molar-refractivity contribution in [1.82, 2.24) is 5.32 Å². The van der Waals surface area contributed by atoms with Crippen LogP contribution >= 0.6 is 11.3 Å². The smallest absolute Gasteiger partial charge is 0.0305 e. The summed E-state index contributed by atoms with van der Waals surface area (Å²) in [6, 6.07) is 9.45. The Labute approximate surface area is 120 Å². The summed E-state index contributed by atoms with van der Waals surface area (Å²) in [6.45, 7) is 11.9. The van der Waals surface area contributed by atoms with E-state index in [9.17, 15) is 0 Å². The Bertz CT molecular complexity index is 529. The molecule has 1 unspecified atom stereocenters. The first kappa shape index (κ1) is 14.3. The topological polar surface area (TPSA) is 12.0 Å². The first-order chi connectivity index (χ1) is 8.95. The SMILES string of the molecule is Cc1cc(C)cc(C(C)NCc2cc(C)c(C)s2)c1. The number of hydrogen-bond acceptors (Lipinski definition) is 2. The molecule has 1 aromatic carbocycles. The van der Waals surface area contributed by atoms with E-state index in [0.29, 0.717) is 6.04 Å². The molecule has 0 saturated heterocycles. The largest absolute Gasteiger partial charge is 0.305 e. The molecule has 0 saturated carbocycles. The van der Waals surface area contributed by atoms with Crippen molar-refractivity contribution >= 4 is 11.3 Å². The zero-order chi connectivity index (χ0) is 14.0. The summed E-state index contributed by atoms with van der Waals surface area (Å²) in [7, 11) is 0. The molecule has 0 fully saturated rings. The normalized spacial score (nSPS) is 12.7. The van der Waals surface area contributed by atoms with Gasteiger partial charge < -0.3 is 5.32 Å². The average Bonchev–Trinajstić information content (AvgIpc) is 2.64. The lowest BCUT2D eigenvalue weighted by Crippen LogP contribution is -2.17.